The van der Waals surface area contributed by atoms with E-state index in [-0.39, 0.29) is 12.3 Å². The third-order valence-corrected chi connectivity index (χ3v) is 5.27. The lowest BCUT2D eigenvalue weighted by Crippen LogP contribution is -2.29. The summed E-state index contributed by atoms with van der Waals surface area (Å²) in [6.07, 6.45) is 2.59. The van der Waals surface area contributed by atoms with Gasteiger partial charge in [-0.3, -0.25) is 0 Å². The highest BCUT2D eigenvalue weighted by molar-refractivity contribution is 5.88. The zero-order valence-corrected chi connectivity index (χ0v) is 15.9. The highest BCUT2D eigenvalue weighted by Gasteiger charge is 2.41. The Balaban J connectivity index is 2.18. The number of hydrogen-bond donors (Lipinski definition) is 0. The summed E-state index contributed by atoms with van der Waals surface area (Å²) in [4.78, 5) is 0. The Hall–Kier alpha value is -3.56. The van der Waals surface area contributed by atoms with Gasteiger partial charge in [0.2, 0.25) is 0 Å². The average molecular weight is 366 g/mol. The molecule has 0 bridgehead atoms. The van der Waals surface area contributed by atoms with E-state index >= 15 is 0 Å². The summed E-state index contributed by atoms with van der Waals surface area (Å²) in [7, 11) is 1.62. The quantitative estimate of drug-likeness (QED) is 0.498. The zero-order valence-electron chi connectivity index (χ0n) is 15.9. The molecule has 3 heteroatoms. The van der Waals surface area contributed by atoms with Crippen molar-refractivity contribution in [2.24, 2.45) is 5.41 Å². The molecule has 28 heavy (non-hydrogen) atoms. The van der Waals surface area contributed by atoms with Crippen LogP contribution in [0.2, 0.25) is 0 Å². The zero-order chi connectivity index (χ0) is 20.0. The topological polar surface area (TPSA) is 56.8 Å². The summed E-state index contributed by atoms with van der Waals surface area (Å²) in [6, 6.07) is 26.3. The van der Waals surface area contributed by atoms with E-state index in [9.17, 15) is 10.5 Å². The smallest absolute Gasteiger partial charge is 0.155 e. The standard InChI is InChI=1S/C25H22N2O/c1-3-9-23(20-11-5-4-6-12-20)25(17-26,18-27)16-22-21-13-8-7-10-19(21)14-15-24(22)28-2/h3-8,10-15,23H,1,9,16H2,2H3. The predicted molar refractivity (Wildman–Crippen MR) is 112 cm³/mol. The summed E-state index contributed by atoms with van der Waals surface area (Å²) in [5, 5.41) is 22.4. The molecule has 0 aliphatic heterocycles. The Kier molecular flexibility index (Phi) is 5.78. The highest BCUT2D eigenvalue weighted by atomic mass is 16.5. The van der Waals surface area contributed by atoms with E-state index in [1.54, 1.807) is 13.2 Å². The molecule has 0 saturated heterocycles. The molecule has 138 valence electrons. The van der Waals surface area contributed by atoms with Gasteiger partial charge in [-0.05, 0) is 28.8 Å². The molecule has 0 spiro atoms. The van der Waals surface area contributed by atoms with Crippen LogP contribution in [0.3, 0.4) is 0 Å². The van der Waals surface area contributed by atoms with Crippen molar-refractivity contribution in [2.45, 2.75) is 18.8 Å². The van der Waals surface area contributed by atoms with Gasteiger partial charge in [-0.1, -0.05) is 66.7 Å². The number of methoxy groups -OCH3 is 1. The lowest BCUT2D eigenvalue weighted by Gasteiger charge is -2.30. The molecule has 0 heterocycles. The van der Waals surface area contributed by atoms with Crippen molar-refractivity contribution in [3.8, 4) is 17.9 Å². The highest BCUT2D eigenvalue weighted by Crippen LogP contribution is 2.43. The van der Waals surface area contributed by atoms with E-state index < -0.39 is 5.41 Å². The molecule has 1 atom stereocenters. The number of benzene rings is 3. The van der Waals surface area contributed by atoms with Crippen LogP contribution in [0.1, 0.15) is 23.5 Å². The van der Waals surface area contributed by atoms with Gasteiger partial charge in [0, 0.05) is 17.9 Å². The minimum atomic E-state index is -1.24. The first-order valence-corrected chi connectivity index (χ1v) is 9.22. The summed E-state index contributed by atoms with van der Waals surface area (Å²) in [5.74, 6) is 0.406. The number of fused-ring (bicyclic) bond motifs is 1. The molecule has 0 radical (unpaired) electrons. The van der Waals surface area contributed by atoms with Crippen molar-refractivity contribution in [1.29, 1.82) is 10.5 Å². The third-order valence-electron chi connectivity index (χ3n) is 5.27. The summed E-state index contributed by atoms with van der Waals surface area (Å²) >= 11 is 0. The van der Waals surface area contributed by atoms with Gasteiger partial charge < -0.3 is 4.74 Å². The van der Waals surface area contributed by atoms with Crippen molar-refractivity contribution in [2.75, 3.05) is 7.11 Å². The number of rotatable bonds is 7. The second-order valence-corrected chi connectivity index (χ2v) is 6.83. The van der Waals surface area contributed by atoms with Crippen molar-refractivity contribution in [3.05, 3.63) is 90.5 Å². The largest absolute Gasteiger partial charge is 0.496 e. The second-order valence-electron chi connectivity index (χ2n) is 6.83. The van der Waals surface area contributed by atoms with Crippen LogP contribution in [0, 0.1) is 28.1 Å². The van der Waals surface area contributed by atoms with Gasteiger partial charge in [-0.25, -0.2) is 0 Å². The van der Waals surface area contributed by atoms with Gasteiger partial charge in [0.15, 0.2) is 5.41 Å². The van der Waals surface area contributed by atoms with Crippen LogP contribution in [0.15, 0.2) is 79.4 Å². The first-order valence-electron chi connectivity index (χ1n) is 9.22. The van der Waals surface area contributed by atoms with Crippen molar-refractivity contribution >= 4 is 10.8 Å². The SMILES string of the molecule is C=CCC(c1ccccc1)C(C#N)(C#N)Cc1c(OC)ccc2ccccc12. The fourth-order valence-electron chi connectivity index (χ4n) is 3.83. The fraction of sp³-hybridized carbons (Fsp3) is 0.200. The number of nitrogens with zero attached hydrogens (tertiary/aromatic N) is 2. The Labute approximate surface area is 166 Å². The maximum Gasteiger partial charge on any atom is 0.155 e. The molecule has 0 N–H and O–H groups in total. The van der Waals surface area contributed by atoms with Crippen LogP contribution in [0.25, 0.3) is 10.8 Å². The third kappa shape index (κ3) is 3.48. The Bertz CT molecular complexity index is 1040. The number of hydrogen-bond acceptors (Lipinski definition) is 3. The normalized spacial score (nSPS) is 12.0. The molecule has 0 saturated carbocycles. The van der Waals surface area contributed by atoms with Crippen LogP contribution in [0.4, 0.5) is 0 Å². The molecule has 3 nitrogen and oxygen atoms in total. The molecule has 0 amide bonds. The average Bonchev–Trinajstić information content (AvgIpc) is 2.76. The van der Waals surface area contributed by atoms with Gasteiger partial charge >= 0.3 is 0 Å². The lowest BCUT2D eigenvalue weighted by molar-refractivity contribution is 0.382. The van der Waals surface area contributed by atoms with Gasteiger partial charge in [-0.15, -0.1) is 6.58 Å². The second kappa shape index (κ2) is 8.42. The van der Waals surface area contributed by atoms with E-state index in [1.165, 1.54) is 0 Å². The first kappa shape index (κ1) is 19.2. The van der Waals surface area contributed by atoms with E-state index in [0.717, 1.165) is 21.9 Å². The minimum Gasteiger partial charge on any atom is -0.496 e. The van der Waals surface area contributed by atoms with Gasteiger partial charge in [0.25, 0.3) is 0 Å². The monoisotopic (exact) mass is 366 g/mol. The molecule has 1 unspecified atom stereocenters. The lowest BCUT2D eigenvalue weighted by atomic mass is 9.68. The van der Waals surface area contributed by atoms with E-state index in [2.05, 4.69) is 18.7 Å². The van der Waals surface area contributed by atoms with Crippen LogP contribution in [0.5, 0.6) is 5.75 Å². The molecule has 0 aromatic heterocycles. The fourth-order valence-corrected chi connectivity index (χ4v) is 3.83. The summed E-state index contributed by atoms with van der Waals surface area (Å²) in [6.45, 7) is 3.86. The van der Waals surface area contributed by atoms with Crippen molar-refractivity contribution < 1.29 is 4.74 Å². The molecule has 3 aromatic carbocycles. The van der Waals surface area contributed by atoms with Crippen LogP contribution in [-0.4, -0.2) is 7.11 Å². The molecule has 0 aliphatic rings. The Morgan fingerprint density at radius 1 is 1.00 bits per heavy atom. The minimum absolute atomic E-state index is 0.276. The molecule has 0 aliphatic carbocycles. The van der Waals surface area contributed by atoms with Crippen LogP contribution < -0.4 is 4.74 Å². The Morgan fingerprint density at radius 2 is 1.68 bits per heavy atom. The molecular formula is C25H22N2O. The van der Waals surface area contributed by atoms with E-state index in [4.69, 9.17) is 4.74 Å². The molecular weight excluding hydrogens is 344 g/mol. The van der Waals surface area contributed by atoms with Gasteiger partial charge in [-0.2, -0.15) is 10.5 Å². The maximum atomic E-state index is 10.2. The Morgan fingerprint density at radius 3 is 2.32 bits per heavy atom. The van der Waals surface area contributed by atoms with E-state index in [1.807, 2.05) is 66.7 Å². The number of allylic oxidation sites excluding steroid dienone is 1. The number of ether oxygens (including phenoxy) is 1. The summed E-state index contributed by atoms with van der Waals surface area (Å²) in [5.41, 5.74) is 0.603. The van der Waals surface area contributed by atoms with Gasteiger partial charge in [0.05, 0.1) is 19.2 Å². The molecule has 3 aromatic rings. The van der Waals surface area contributed by atoms with Gasteiger partial charge in [0.1, 0.15) is 5.75 Å². The first-order chi connectivity index (χ1) is 13.7. The van der Waals surface area contributed by atoms with E-state index in [0.29, 0.717) is 12.2 Å². The van der Waals surface area contributed by atoms with Crippen LogP contribution >= 0.6 is 0 Å². The number of nitriles is 2. The predicted octanol–water partition coefficient (Wildman–Crippen LogP) is 5.78. The maximum absolute atomic E-state index is 10.2. The van der Waals surface area contributed by atoms with Crippen molar-refractivity contribution in [3.63, 3.8) is 0 Å². The van der Waals surface area contributed by atoms with Crippen LogP contribution in [-0.2, 0) is 6.42 Å². The molecule has 0 fully saturated rings. The molecule has 3 rings (SSSR count). The summed E-state index contributed by atoms with van der Waals surface area (Å²) < 4.78 is 5.59. The van der Waals surface area contributed by atoms with Crippen molar-refractivity contribution in [1.82, 2.24) is 0 Å².